The van der Waals surface area contributed by atoms with Gasteiger partial charge in [-0.15, -0.1) is 0 Å². The van der Waals surface area contributed by atoms with Gasteiger partial charge in [-0.1, -0.05) is 11.6 Å². The highest BCUT2D eigenvalue weighted by Crippen LogP contribution is 2.79. The SMILES string of the molecule is C[C@@]12Oc3c(O)ccc4c3C13CC1(C4)CN(CC4CC4)[C@H]1C3(O)CCC2=C1CC1. The Kier molecular flexibility index (Phi) is 2.46. The van der Waals surface area contributed by atoms with Crippen molar-refractivity contribution in [3.63, 3.8) is 0 Å². The van der Waals surface area contributed by atoms with Crippen molar-refractivity contribution in [2.24, 2.45) is 11.3 Å². The number of fused-ring (bicyclic) bond motifs is 1. The molecule has 2 heterocycles. The predicted octanol–water partition coefficient (Wildman–Crippen LogP) is 3.44. The maximum atomic E-state index is 12.7. The van der Waals surface area contributed by atoms with Crippen molar-refractivity contribution in [3.05, 3.63) is 34.4 Å². The molecule has 152 valence electrons. The Hall–Kier alpha value is -1.52. The lowest BCUT2D eigenvalue weighted by Crippen LogP contribution is -2.73. The molecule has 7 aliphatic rings. The molecular weight excluding hydrogens is 362 g/mol. The molecule has 5 fully saturated rings. The zero-order chi connectivity index (χ0) is 19.4. The third-order valence-corrected chi connectivity index (χ3v) is 10.0. The summed E-state index contributed by atoms with van der Waals surface area (Å²) in [6, 6.07) is 4.19. The van der Waals surface area contributed by atoms with E-state index in [1.54, 1.807) is 5.57 Å². The highest BCUT2D eigenvalue weighted by molar-refractivity contribution is 5.68. The minimum Gasteiger partial charge on any atom is -0.504 e. The summed E-state index contributed by atoms with van der Waals surface area (Å²) in [6.07, 6.45) is 8.89. The number of phenols is 1. The van der Waals surface area contributed by atoms with Gasteiger partial charge in [0, 0.05) is 30.1 Å². The minimum absolute atomic E-state index is 0.170. The summed E-state index contributed by atoms with van der Waals surface area (Å²) in [5.74, 6) is 1.77. The van der Waals surface area contributed by atoms with Gasteiger partial charge in [-0.05, 0) is 81.4 Å². The number of allylic oxidation sites excluding steroid dienone is 1. The van der Waals surface area contributed by atoms with Gasteiger partial charge in [0.1, 0.15) is 5.60 Å². The lowest BCUT2D eigenvalue weighted by Gasteiger charge is -2.59. The van der Waals surface area contributed by atoms with E-state index in [0.717, 1.165) is 50.3 Å². The molecule has 2 aliphatic heterocycles. The van der Waals surface area contributed by atoms with Crippen LogP contribution in [-0.4, -0.2) is 45.4 Å². The topological polar surface area (TPSA) is 52.9 Å². The van der Waals surface area contributed by atoms with Crippen molar-refractivity contribution in [1.29, 1.82) is 0 Å². The number of hydrogen-bond acceptors (Lipinski definition) is 4. The highest BCUT2D eigenvalue weighted by atomic mass is 16.5. The average Bonchev–Trinajstić information content (AvgIpc) is 3.57. The average molecular weight is 392 g/mol. The smallest absolute Gasteiger partial charge is 0.166 e. The number of rotatable bonds is 2. The van der Waals surface area contributed by atoms with Crippen LogP contribution in [0.15, 0.2) is 23.3 Å². The summed E-state index contributed by atoms with van der Waals surface area (Å²) in [5.41, 5.74) is 3.95. The van der Waals surface area contributed by atoms with Crippen LogP contribution in [0.25, 0.3) is 0 Å². The number of nitrogens with zero attached hydrogens (tertiary/aromatic N) is 1. The van der Waals surface area contributed by atoms with E-state index in [0.29, 0.717) is 5.75 Å². The molecule has 2 spiro atoms. The monoisotopic (exact) mass is 391 g/mol. The lowest BCUT2D eigenvalue weighted by molar-refractivity contribution is -0.169. The van der Waals surface area contributed by atoms with Gasteiger partial charge < -0.3 is 14.9 Å². The number of aromatic hydroxyl groups is 1. The first kappa shape index (κ1) is 16.2. The lowest BCUT2D eigenvalue weighted by atomic mass is 9.51. The fraction of sp³-hybridized carbons (Fsp3) is 0.680. The summed E-state index contributed by atoms with van der Waals surface area (Å²) < 4.78 is 6.78. The van der Waals surface area contributed by atoms with E-state index < -0.39 is 16.6 Å². The largest absolute Gasteiger partial charge is 0.504 e. The Morgan fingerprint density at radius 1 is 1.21 bits per heavy atom. The number of benzene rings is 1. The van der Waals surface area contributed by atoms with E-state index in [9.17, 15) is 10.2 Å². The molecule has 5 atom stereocenters. The first-order valence-corrected chi connectivity index (χ1v) is 11.6. The molecule has 5 aliphatic carbocycles. The summed E-state index contributed by atoms with van der Waals surface area (Å²) in [5, 5.41) is 23.4. The molecule has 2 bridgehead atoms. The molecule has 29 heavy (non-hydrogen) atoms. The van der Waals surface area contributed by atoms with E-state index in [1.807, 2.05) is 6.07 Å². The number of phenolic OH excluding ortho intramolecular Hbond substituents is 1. The Bertz CT molecular complexity index is 1040. The standard InChI is InChI=1S/C25H29NO3/c1-22-17(15-4-5-15)8-9-25(28)21-23(13-26(21)11-14-2-3-14)10-16-6-7-18(27)20(29-22)19(16)24(22,25)12-23/h6-7,14,21,27-28H,2-5,8-13H2,1H3/t21-,22+,23?,24?,25?/m1/s1. The van der Waals surface area contributed by atoms with Gasteiger partial charge in [-0.2, -0.15) is 0 Å². The van der Waals surface area contributed by atoms with Crippen LogP contribution >= 0.6 is 0 Å². The van der Waals surface area contributed by atoms with Crippen molar-refractivity contribution in [3.8, 4) is 11.5 Å². The van der Waals surface area contributed by atoms with E-state index in [4.69, 9.17) is 4.74 Å². The van der Waals surface area contributed by atoms with Crippen molar-refractivity contribution >= 4 is 0 Å². The van der Waals surface area contributed by atoms with Crippen LogP contribution in [-0.2, 0) is 11.8 Å². The van der Waals surface area contributed by atoms with Crippen LogP contribution in [0, 0.1) is 11.3 Å². The van der Waals surface area contributed by atoms with Gasteiger partial charge in [0.15, 0.2) is 11.5 Å². The third-order valence-electron chi connectivity index (χ3n) is 10.0. The predicted molar refractivity (Wildman–Crippen MR) is 108 cm³/mol. The number of ether oxygens (including phenoxy) is 1. The summed E-state index contributed by atoms with van der Waals surface area (Å²) >= 11 is 0. The molecular formula is C25H29NO3. The van der Waals surface area contributed by atoms with E-state index >= 15 is 0 Å². The molecule has 1 aromatic rings. The fourth-order valence-corrected chi connectivity index (χ4v) is 8.98. The Labute approximate surface area is 171 Å². The first-order chi connectivity index (χ1) is 13.9. The van der Waals surface area contributed by atoms with Crippen molar-refractivity contribution in [1.82, 2.24) is 4.90 Å². The molecule has 3 unspecified atom stereocenters. The molecule has 8 rings (SSSR count). The molecule has 0 radical (unpaired) electrons. The molecule has 1 aromatic carbocycles. The molecule has 2 N–H and O–H groups in total. The van der Waals surface area contributed by atoms with E-state index in [-0.39, 0.29) is 17.2 Å². The fourth-order valence-electron chi connectivity index (χ4n) is 8.98. The maximum absolute atomic E-state index is 12.7. The van der Waals surface area contributed by atoms with Gasteiger partial charge in [0.2, 0.25) is 0 Å². The molecule has 4 heteroatoms. The van der Waals surface area contributed by atoms with Gasteiger partial charge in [0.05, 0.1) is 11.0 Å². The van der Waals surface area contributed by atoms with Crippen LogP contribution in [0.3, 0.4) is 0 Å². The van der Waals surface area contributed by atoms with Crippen LogP contribution in [0.4, 0.5) is 0 Å². The number of hydrogen-bond donors (Lipinski definition) is 2. The highest BCUT2D eigenvalue weighted by Gasteiger charge is 2.85. The molecule has 0 aromatic heterocycles. The molecule has 4 nitrogen and oxygen atoms in total. The minimum atomic E-state index is -0.766. The first-order valence-electron chi connectivity index (χ1n) is 11.6. The second-order valence-corrected chi connectivity index (χ2v) is 11.5. The molecule has 1 saturated heterocycles. The Balaban J connectivity index is 1.41. The normalized spacial score (nSPS) is 48.1. The van der Waals surface area contributed by atoms with Crippen molar-refractivity contribution in [2.75, 3.05) is 13.1 Å². The Morgan fingerprint density at radius 3 is 2.79 bits per heavy atom. The molecule has 4 saturated carbocycles. The van der Waals surface area contributed by atoms with E-state index in [1.165, 1.54) is 36.8 Å². The Morgan fingerprint density at radius 2 is 2.03 bits per heavy atom. The van der Waals surface area contributed by atoms with E-state index in [2.05, 4.69) is 17.9 Å². The van der Waals surface area contributed by atoms with Gasteiger partial charge in [0.25, 0.3) is 0 Å². The van der Waals surface area contributed by atoms with Gasteiger partial charge in [-0.25, -0.2) is 0 Å². The van der Waals surface area contributed by atoms with Gasteiger partial charge >= 0.3 is 0 Å². The quantitative estimate of drug-likeness (QED) is 0.759. The maximum Gasteiger partial charge on any atom is 0.166 e. The second kappa shape index (κ2) is 4.40. The third kappa shape index (κ3) is 1.51. The van der Waals surface area contributed by atoms with Crippen LogP contribution in [0.1, 0.15) is 63.0 Å². The zero-order valence-corrected chi connectivity index (χ0v) is 17.1. The van der Waals surface area contributed by atoms with Crippen molar-refractivity contribution in [2.45, 2.75) is 80.9 Å². The summed E-state index contributed by atoms with van der Waals surface area (Å²) in [4.78, 5) is 2.63. The van der Waals surface area contributed by atoms with Crippen LogP contribution in [0.2, 0.25) is 0 Å². The molecule has 0 amide bonds. The number of likely N-dealkylation sites (tertiary alicyclic amines) is 1. The second-order valence-electron chi connectivity index (χ2n) is 11.5. The zero-order valence-electron chi connectivity index (χ0n) is 17.1. The summed E-state index contributed by atoms with van der Waals surface area (Å²) in [6.45, 7) is 4.52. The number of aliphatic hydroxyl groups is 1. The van der Waals surface area contributed by atoms with Crippen LogP contribution < -0.4 is 4.74 Å². The summed E-state index contributed by atoms with van der Waals surface area (Å²) in [7, 11) is 0. The van der Waals surface area contributed by atoms with Crippen molar-refractivity contribution < 1.29 is 14.9 Å². The van der Waals surface area contributed by atoms with Crippen LogP contribution in [0.5, 0.6) is 11.5 Å². The van der Waals surface area contributed by atoms with Gasteiger partial charge in [-0.3, -0.25) is 4.90 Å².